The molecule has 1 aliphatic heterocycles. The van der Waals surface area contributed by atoms with Gasteiger partial charge in [0.15, 0.2) is 0 Å². The Kier molecular flexibility index (Phi) is 9.06. The maximum absolute atomic E-state index is 4.38. The Morgan fingerprint density at radius 2 is 1.43 bits per heavy atom. The molecule has 1 fully saturated rings. The van der Waals surface area contributed by atoms with E-state index in [2.05, 4.69) is 97.8 Å². The Balaban J connectivity index is 0.000000155. The maximum Gasteiger partial charge on any atom is 3.00 e. The molecule has 0 bridgehead atoms. The number of rotatable bonds is 4. The van der Waals surface area contributed by atoms with Crippen molar-refractivity contribution in [1.29, 1.82) is 0 Å². The van der Waals surface area contributed by atoms with Crippen LogP contribution in [0.5, 0.6) is 0 Å². The van der Waals surface area contributed by atoms with Gasteiger partial charge in [-0.25, -0.2) is 0 Å². The number of benzene rings is 3. The summed E-state index contributed by atoms with van der Waals surface area (Å²) >= 11 is 0. The fraction of sp³-hybridized carbons (Fsp3) is 0.343. The van der Waals surface area contributed by atoms with Gasteiger partial charge in [-0.1, -0.05) is 55.9 Å². The molecule has 1 saturated carbocycles. The van der Waals surface area contributed by atoms with Crippen LogP contribution in [0.1, 0.15) is 67.2 Å². The zero-order valence-electron chi connectivity index (χ0n) is 23.8. The van der Waals surface area contributed by atoms with Gasteiger partial charge in [0.05, 0.1) is 0 Å². The molecular formula is C35H35IrN6. The zero-order valence-corrected chi connectivity index (χ0v) is 26.2. The van der Waals surface area contributed by atoms with E-state index in [1.165, 1.54) is 67.2 Å². The van der Waals surface area contributed by atoms with Crippen LogP contribution in [-0.2, 0) is 45.8 Å². The first-order chi connectivity index (χ1) is 20.3. The predicted octanol–water partition coefficient (Wildman–Crippen LogP) is 6.91. The van der Waals surface area contributed by atoms with Crippen molar-refractivity contribution in [1.82, 2.24) is 25.3 Å². The molecule has 4 aliphatic rings. The minimum Gasteiger partial charge on any atom is -0.505 e. The summed E-state index contributed by atoms with van der Waals surface area (Å²) in [7, 11) is 0. The van der Waals surface area contributed by atoms with Crippen molar-refractivity contribution in [3.8, 4) is 22.8 Å². The first kappa shape index (κ1) is 28.7. The molecule has 7 heteroatoms. The van der Waals surface area contributed by atoms with E-state index in [0.717, 1.165) is 42.5 Å². The first-order valence-corrected chi connectivity index (χ1v) is 15.1. The molecule has 0 N–H and O–H groups in total. The van der Waals surface area contributed by atoms with Crippen LogP contribution in [-0.4, -0.2) is 31.3 Å². The van der Waals surface area contributed by atoms with Crippen LogP contribution < -0.4 is 4.90 Å². The van der Waals surface area contributed by atoms with E-state index in [1.54, 1.807) is 0 Å². The summed E-state index contributed by atoms with van der Waals surface area (Å²) in [6.45, 7) is 2.20. The molecule has 3 aromatic carbocycles. The van der Waals surface area contributed by atoms with Gasteiger partial charge in [-0.15, -0.1) is 45.2 Å². The number of fused-ring (bicyclic) bond motifs is 2. The topological polar surface area (TPSA) is 58.0 Å². The fourth-order valence-corrected chi connectivity index (χ4v) is 6.67. The standard InChI is InChI=1S/C20H17N4.C15H18N2.Ir/c1-5-13-7-3-11-17(15(13)9-1)19-21-23-20(24-22-19)18-12-4-8-14-6-2-10-16(14)18;1-3-7-14(8-4-1)16-11-12-17(13-16)15-9-5-2-6-10-15;/h3-4,7-8,11H,1-2,5-6,9-10H2;1,3-4,7,11-13,15H,2,5-6,9-10H2;/q-1;-2;+3. The molecule has 1 aromatic heterocycles. The van der Waals surface area contributed by atoms with Gasteiger partial charge in [0.1, 0.15) is 5.82 Å². The number of aromatic nitrogens is 4. The van der Waals surface area contributed by atoms with Gasteiger partial charge in [-0.2, -0.15) is 47.2 Å². The number of nitrogens with zero attached hydrogens (tertiary/aromatic N) is 6. The van der Waals surface area contributed by atoms with E-state index in [0.29, 0.717) is 17.7 Å². The van der Waals surface area contributed by atoms with Crippen molar-refractivity contribution in [2.45, 2.75) is 76.7 Å². The van der Waals surface area contributed by atoms with Crippen molar-refractivity contribution in [3.63, 3.8) is 0 Å². The van der Waals surface area contributed by atoms with Gasteiger partial charge >= 0.3 is 20.1 Å². The summed E-state index contributed by atoms with van der Waals surface area (Å²) in [5.74, 6) is 1.22. The van der Waals surface area contributed by atoms with Crippen molar-refractivity contribution in [2.24, 2.45) is 0 Å². The van der Waals surface area contributed by atoms with Crippen LogP contribution in [0.15, 0.2) is 67.0 Å². The van der Waals surface area contributed by atoms with Crippen molar-refractivity contribution < 1.29 is 20.1 Å². The SMILES string of the molecule is [Ir+3].[c-]1ccc2c(c1-c1nnc(-c3cccc4c3CCC4)nn1)CCC2.[c-]1ccccc1N1C=CN(C2CCCCC2)[CH-]1. The average molecular weight is 732 g/mol. The molecule has 0 amide bonds. The van der Waals surface area contributed by atoms with Gasteiger partial charge in [-0.3, -0.25) is 0 Å². The van der Waals surface area contributed by atoms with Gasteiger partial charge in [0.25, 0.3) is 0 Å². The third kappa shape index (κ3) is 6.04. The van der Waals surface area contributed by atoms with E-state index in [1.807, 2.05) is 18.2 Å². The summed E-state index contributed by atoms with van der Waals surface area (Å²) in [5.41, 5.74) is 8.64. The molecule has 0 radical (unpaired) electrons. The fourth-order valence-electron chi connectivity index (χ4n) is 6.67. The summed E-state index contributed by atoms with van der Waals surface area (Å²) in [6.07, 6.45) is 18.0. The molecule has 0 saturated heterocycles. The smallest absolute Gasteiger partial charge is 0.505 e. The average Bonchev–Trinajstić information content (AvgIpc) is 3.83. The van der Waals surface area contributed by atoms with Gasteiger partial charge in [0, 0.05) is 11.6 Å². The molecule has 8 rings (SSSR count). The third-order valence-electron chi connectivity index (χ3n) is 8.79. The van der Waals surface area contributed by atoms with Gasteiger partial charge < -0.3 is 9.80 Å². The molecule has 214 valence electrons. The molecule has 0 spiro atoms. The molecular weight excluding hydrogens is 697 g/mol. The Morgan fingerprint density at radius 3 is 2.21 bits per heavy atom. The molecule has 2 heterocycles. The second kappa shape index (κ2) is 13.3. The van der Waals surface area contributed by atoms with Crippen LogP contribution >= 0.6 is 0 Å². The second-order valence-corrected chi connectivity index (χ2v) is 11.4. The minimum atomic E-state index is 0. The first-order valence-electron chi connectivity index (χ1n) is 15.1. The van der Waals surface area contributed by atoms with Crippen molar-refractivity contribution in [3.05, 3.63) is 108 Å². The molecule has 0 unspecified atom stereocenters. The molecule has 0 atom stereocenters. The summed E-state index contributed by atoms with van der Waals surface area (Å²) in [4.78, 5) is 4.51. The third-order valence-corrected chi connectivity index (χ3v) is 8.79. The molecule has 42 heavy (non-hydrogen) atoms. The normalized spacial score (nSPS) is 17.3. The minimum absolute atomic E-state index is 0. The Labute approximate surface area is 262 Å². The van der Waals surface area contributed by atoms with Gasteiger partial charge in [-0.05, 0) is 62.1 Å². The summed E-state index contributed by atoms with van der Waals surface area (Å²) in [6, 6.07) is 25.8. The van der Waals surface area contributed by atoms with E-state index in [9.17, 15) is 0 Å². The van der Waals surface area contributed by atoms with E-state index in [-0.39, 0.29) is 20.1 Å². The van der Waals surface area contributed by atoms with Crippen LogP contribution in [0.2, 0.25) is 0 Å². The summed E-state index contributed by atoms with van der Waals surface area (Å²) < 4.78 is 0. The number of aryl methyl sites for hydroxylation is 2. The predicted molar refractivity (Wildman–Crippen MR) is 161 cm³/mol. The van der Waals surface area contributed by atoms with Crippen molar-refractivity contribution >= 4 is 5.69 Å². The largest absolute Gasteiger partial charge is 3.00 e. The zero-order chi connectivity index (χ0) is 27.4. The molecule has 4 aromatic rings. The van der Waals surface area contributed by atoms with Crippen LogP contribution in [0, 0.1) is 18.8 Å². The monoisotopic (exact) mass is 732 g/mol. The number of anilines is 1. The van der Waals surface area contributed by atoms with E-state index >= 15 is 0 Å². The Hall–Kier alpha value is -3.41. The molecule has 3 aliphatic carbocycles. The van der Waals surface area contributed by atoms with Crippen molar-refractivity contribution in [2.75, 3.05) is 4.90 Å². The Bertz CT molecular complexity index is 1440. The van der Waals surface area contributed by atoms with E-state index < -0.39 is 0 Å². The summed E-state index contributed by atoms with van der Waals surface area (Å²) in [5, 5.41) is 17.5. The van der Waals surface area contributed by atoms with Crippen LogP contribution in [0.4, 0.5) is 5.69 Å². The number of hydrogen-bond acceptors (Lipinski definition) is 6. The quantitative estimate of drug-likeness (QED) is 0.213. The van der Waals surface area contributed by atoms with Gasteiger partial charge in [0.2, 0.25) is 5.82 Å². The number of para-hydroxylation sites is 1. The maximum atomic E-state index is 4.38. The Morgan fingerprint density at radius 1 is 0.667 bits per heavy atom. The van der Waals surface area contributed by atoms with Crippen LogP contribution in [0.3, 0.4) is 0 Å². The molecule has 6 nitrogen and oxygen atoms in total. The van der Waals surface area contributed by atoms with E-state index in [4.69, 9.17) is 0 Å². The number of hydrogen-bond donors (Lipinski definition) is 0. The van der Waals surface area contributed by atoms with Crippen LogP contribution in [0.25, 0.3) is 22.8 Å². The second-order valence-electron chi connectivity index (χ2n) is 11.4.